The van der Waals surface area contributed by atoms with Crippen LogP contribution in [0.4, 0.5) is 4.39 Å². The normalized spacial score (nSPS) is 21.8. The van der Waals surface area contributed by atoms with Crippen LogP contribution in [0.3, 0.4) is 0 Å². The van der Waals surface area contributed by atoms with Gasteiger partial charge < -0.3 is 0 Å². The van der Waals surface area contributed by atoms with Gasteiger partial charge in [-0.05, 0) is 11.6 Å². The van der Waals surface area contributed by atoms with Gasteiger partial charge in [0.05, 0.1) is 12.6 Å². The van der Waals surface area contributed by atoms with E-state index in [1.54, 1.807) is 32.3 Å². The van der Waals surface area contributed by atoms with Crippen LogP contribution in [-0.4, -0.2) is 43.7 Å². The highest BCUT2D eigenvalue weighted by atomic mass is 32.2. The zero-order valence-corrected chi connectivity index (χ0v) is 15.0. The molecule has 2 atom stereocenters. The van der Waals surface area contributed by atoms with Crippen LogP contribution in [-0.2, 0) is 21.4 Å². The van der Waals surface area contributed by atoms with Crippen molar-refractivity contribution in [3.05, 3.63) is 71.5 Å². The van der Waals surface area contributed by atoms with Crippen LogP contribution in [0.1, 0.15) is 17.2 Å². The van der Waals surface area contributed by atoms with E-state index in [1.807, 2.05) is 30.3 Å². The van der Waals surface area contributed by atoms with Gasteiger partial charge in [0.1, 0.15) is 11.1 Å². The molecule has 1 aliphatic rings. The molecule has 0 unspecified atom stereocenters. The molecule has 0 aromatic heterocycles. The molecule has 0 N–H and O–H groups in total. The predicted octanol–water partition coefficient (Wildman–Crippen LogP) is 2.57. The summed E-state index contributed by atoms with van der Waals surface area (Å²) in [5, 5.41) is 0.555. The summed E-state index contributed by atoms with van der Waals surface area (Å²) in [6.45, 7) is 0.254. The molecule has 0 aliphatic carbocycles. The standard InChI is InChI=1S/C18H21FN2O3S/c1-20(12-14-8-4-3-5-9-14)25(22,23)17-13-24-21(2)18(17)15-10-6-7-11-16(15)19/h3-11,17-18H,12-13H2,1-2H3/t17-,18+/m0/s1. The molecule has 2 aromatic carbocycles. The first-order valence-corrected chi connectivity index (χ1v) is 9.51. The van der Waals surface area contributed by atoms with E-state index in [9.17, 15) is 12.8 Å². The van der Waals surface area contributed by atoms with Crippen molar-refractivity contribution in [3.63, 3.8) is 0 Å². The van der Waals surface area contributed by atoms with Gasteiger partial charge in [-0.1, -0.05) is 48.5 Å². The third-order valence-corrected chi connectivity index (χ3v) is 6.63. The molecule has 3 rings (SSSR count). The molecule has 134 valence electrons. The van der Waals surface area contributed by atoms with Crippen molar-refractivity contribution in [1.29, 1.82) is 0 Å². The van der Waals surface area contributed by atoms with Gasteiger partial charge in [0.25, 0.3) is 0 Å². The smallest absolute Gasteiger partial charge is 0.221 e. The van der Waals surface area contributed by atoms with Crippen molar-refractivity contribution in [2.45, 2.75) is 17.8 Å². The topological polar surface area (TPSA) is 49.9 Å². The predicted molar refractivity (Wildman–Crippen MR) is 93.5 cm³/mol. The Kier molecular flexibility index (Phi) is 5.19. The summed E-state index contributed by atoms with van der Waals surface area (Å²) in [5.74, 6) is -0.434. The minimum Gasteiger partial charge on any atom is -0.297 e. The average Bonchev–Trinajstić information content (AvgIpc) is 2.98. The number of hydrogen-bond acceptors (Lipinski definition) is 4. The summed E-state index contributed by atoms with van der Waals surface area (Å²) < 4.78 is 41.7. The van der Waals surface area contributed by atoms with Gasteiger partial charge >= 0.3 is 0 Å². The fraction of sp³-hybridized carbons (Fsp3) is 0.333. The van der Waals surface area contributed by atoms with Crippen molar-refractivity contribution in [3.8, 4) is 0 Å². The average molecular weight is 364 g/mol. The van der Waals surface area contributed by atoms with Gasteiger partial charge in [-0.15, -0.1) is 0 Å². The molecule has 1 saturated heterocycles. The van der Waals surface area contributed by atoms with Gasteiger partial charge in [-0.2, -0.15) is 5.06 Å². The molecule has 0 saturated carbocycles. The van der Waals surface area contributed by atoms with Crippen LogP contribution in [0.25, 0.3) is 0 Å². The molecular weight excluding hydrogens is 343 g/mol. The summed E-state index contributed by atoms with van der Waals surface area (Å²) in [6, 6.07) is 14.9. The number of hydrogen-bond donors (Lipinski definition) is 0. The van der Waals surface area contributed by atoms with Crippen LogP contribution in [0.15, 0.2) is 54.6 Å². The Morgan fingerprint density at radius 2 is 1.80 bits per heavy atom. The largest absolute Gasteiger partial charge is 0.297 e. The van der Waals surface area contributed by atoms with E-state index < -0.39 is 27.1 Å². The van der Waals surface area contributed by atoms with Gasteiger partial charge in [-0.25, -0.2) is 17.1 Å². The molecule has 25 heavy (non-hydrogen) atoms. The molecule has 1 fully saturated rings. The van der Waals surface area contributed by atoms with Crippen LogP contribution in [0.2, 0.25) is 0 Å². The zero-order valence-electron chi connectivity index (χ0n) is 14.2. The lowest BCUT2D eigenvalue weighted by Crippen LogP contribution is -2.40. The summed E-state index contributed by atoms with van der Waals surface area (Å²) in [7, 11) is -0.514. The van der Waals surface area contributed by atoms with E-state index in [1.165, 1.54) is 15.4 Å². The molecule has 1 heterocycles. The van der Waals surface area contributed by atoms with Crippen molar-refractivity contribution >= 4 is 10.0 Å². The van der Waals surface area contributed by atoms with Crippen LogP contribution in [0.5, 0.6) is 0 Å². The zero-order chi connectivity index (χ0) is 18.0. The Balaban J connectivity index is 1.89. The second kappa shape index (κ2) is 7.21. The third-order valence-electron chi connectivity index (χ3n) is 4.48. The SMILES string of the molecule is CN1OC[C@H](S(=O)(=O)N(C)Cc2ccccc2)[C@H]1c1ccccc1F. The van der Waals surface area contributed by atoms with E-state index in [0.717, 1.165) is 5.56 Å². The highest BCUT2D eigenvalue weighted by Gasteiger charge is 2.45. The second-order valence-electron chi connectivity index (χ2n) is 6.13. The maximum atomic E-state index is 14.2. The summed E-state index contributed by atoms with van der Waals surface area (Å²) in [5.41, 5.74) is 1.22. The summed E-state index contributed by atoms with van der Waals surface area (Å²) in [4.78, 5) is 5.44. The van der Waals surface area contributed by atoms with E-state index in [4.69, 9.17) is 4.84 Å². The molecule has 0 radical (unpaired) electrons. The van der Waals surface area contributed by atoms with Gasteiger partial charge in [-0.3, -0.25) is 4.84 Å². The van der Waals surface area contributed by atoms with Crippen molar-refractivity contribution in [2.24, 2.45) is 0 Å². The minimum atomic E-state index is -3.68. The second-order valence-corrected chi connectivity index (χ2v) is 8.39. The molecule has 0 bridgehead atoms. The first-order chi connectivity index (χ1) is 11.9. The van der Waals surface area contributed by atoms with Gasteiger partial charge in [0, 0.05) is 26.2 Å². The van der Waals surface area contributed by atoms with Gasteiger partial charge in [0.2, 0.25) is 10.0 Å². The van der Waals surface area contributed by atoms with Gasteiger partial charge in [0.15, 0.2) is 0 Å². The Morgan fingerprint density at radius 1 is 1.16 bits per heavy atom. The van der Waals surface area contributed by atoms with Crippen molar-refractivity contribution in [1.82, 2.24) is 9.37 Å². The number of sulfonamides is 1. The fourth-order valence-electron chi connectivity index (χ4n) is 3.12. The molecule has 2 aromatic rings. The first-order valence-electron chi connectivity index (χ1n) is 8.00. The highest BCUT2D eigenvalue weighted by molar-refractivity contribution is 7.89. The summed E-state index contributed by atoms with van der Waals surface area (Å²) >= 11 is 0. The van der Waals surface area contributed by atoms with E-state index in [0.29, 0.717) is 5.56 Å². The van der Waals surface area contributed by atoms with Crippen LogP contribution >= 0.6 is 0 Å². The maximum absolute atomic E-state index is 14.2. The Labute approximate surface area is 147 Å². The van der Waals surface area contributed by atoms with E-state index >= 15 is 0 Å². The fourth-order valence-corrected chi connectivity index (χ4v) is 4.79. The lowest BCUT2D eigenvalue weighted by atomic mass is 10.0. The number of rotatable bonds is 5. The molecule has 0 amide bonds. The minimum absolute atomic E-state index is 0.00301. The number of hydroxylamine groups is 2. The Bertz CT molecular complexity index is 829. The van der Waals surface area contributed by atoms with Crippen molar-refractivity contribution < 1.29 is 17.6 Å². The number of benzene rings is 2. The molecule has 5 nitrogen and oxygen atoms in total. The molecule has 1 aliphatic heterocycles. The lowest BCUT2D eigenvalue weighted by Gasteiger charge is -2.27. The number of halogens is 1. The first kappa shape index (κ1) is 18.0. The Morgan fingerprint density at radius 3 is 2.48 bits per heavy atom. The highest BCUT2D eigenvalue weighted by Crippen LogP contribution is 2.36. The Hall–Kier alpha value is -1.80. The summed E-state index contributed by atoms with van der Waals surface area (Å²) in [6.07, 6.45) is 0. The van der Waals surface area contributed by atoms with Crippen molar-refractivity contribution in [2.75, 3.05) is 20.7 Å². The number of nitrogens with zero attached hydrogens (tertiary/aromatic N) is 2. The van der Waals surface area contributed by atoms with Crippen LogP contribution < -0.4 is 0 Å². The molecule has 0 spiro atoms. The van der Waals surface area contributed by atoms with Crippen LogP contribution in [0, 0.1) is 5.82 Å². The lowest BCUT2D eigenvalue weighted by molar-refractivity contribution is -0.111. The quantitative estimate of drug-likeness (QED) is 0.818. The van der Waals surface area contributed by atoms with E-state index in [2.05, 4.69) is 0 Å². The molecular formula is C18H21FN2O3S. The van der Waals surface area contributed by atoms with E-state index in [-0.39, 0.29) is 13.2 Å². The molecule has 7 heteroatoms. The maximum Gasteiger partial charge on any atom is 0.221 e. The third kappa shape index (κ3) is 3.59. The monoisotopic (exact) mass is 364 g/mol.